The highest BCUT2D eigenvalue weighted by Gasteiger charge is 2.20. The second kappa shape index (κ2) is 8.55. The third-order valence-electron chi connectivity index (χ3n) is 5.68. The smallest absolute Gasteiger partial charge is 0.262 e. The minimum Gasteiger partial charge on any atom is -0.302 e. The molecule has 0 spiro atoms. The third kappa shape index (κ3) is 3.98. The Hall–Kier alpha value is -2.91. The summed E-state index contributed by atoms with van der Waals surface area (Å²) in [5.74, 6) is -0.523. The highest BCUT2D eigenvalue weighted by molar-refractivity contribution is 7.18. The number of carbonyl (C=O) groups is 1. The van der Waals surface area contributed by atoms with Crippen LogP contribution in [0, 0.1) is 12.7 Å². The average molecular weight is 469 g/mol. The summed E-state index contributed by atoms with van der Waals surface area (Å²) in [7, 11) is 0. The van der Waals surface area contributed by atoms with Crippen molar-refractivity contribution in [3.8, 4) is 11.3 Å². The molecule has 1 aromatic carbocycles. The maximum Gasteiger partial charge on any atom is 0.262 e. The normalized spacial score (nSPS) is 13.3. The fourth-order valence-corrected chi connectivity index (χ4v) is 6.14. The Bertz CT molecular complexity index is 1370. The van der Waals surface area contributed by atoms with Gasteiger partial charge in [0.05, 0.1) is 17.4 Å². The maximum atomic E-state index is 13.2. The highest BCUT2D eigenvalue weighted by Crippen LogP contribution is 2.33. The molecule has 4 aromatic rings. The van der Waals surface area contributed by atoms with E-state index in [1.165, 1.54) is 32.9 Å². The van der Waals surface area contributed by atoms with Crippen molar-refractivity contribution >= 4 is 43.9 Å². The Morgan fingerprint density at radius 2 is 1.97 bits per heavy atom. The molecule has 0 unspecified atom stereocenters. The zero-order valence-electron chi connectivity index (χ0n) is 17.5. The summed E-state index contributed by atoms with van der Waals surface area (Å²) >= 11 is 2.99. The first-order chi connectivity index (χ1) is 15.5. The number of nitrogens with one attached hydrogen (secondary N) is 1. The Labute approximate surface area is 191 Å². The van der Waals surface area contributed by atoms with Crippen molar-refractivity contribution in [2.24, 2.45) is 0 Å². The van der Waals surface area contributed by atoms with E-state index in [-0.39, 0.29) is 30.2 Å². The number of benzene rings is 1. The van der Waals surface area contributed by atoms with E-state index in [0.717, 1.165) is 57.6 Å². The third-order valence-corrected chi connectivity index (χ3v) is 7.77. The molecule has 0 bridgehead atoms. The van der Waals surface area contributed by atoms with Gasteiger partial charge in [-0.3, -0.25) is 14.2 Å². The number of hydrogen-bond acceptors (Lipinski definition) is 6. The molecule has 164 valence electrons. The number of aromatic nitrogens is 3. The lowest BCUT2D eigenvalue weighted by atomic mass is 9.97. The maximum absolute atomic E-state index is 13.2. The number of aryl methyl sites for hydroxylation is 4. The molecule has 0 saturated carbocycles. The molecule has 0 fully saturated rings. The number of halogens is 1. The summed E-state index contributed by atoms with van der Waals surface area (Å²) in [6.07, 6.45) is 5.89. The van der Waals surface area contributed by atoms with Crippen molar-refractivity contribution in [1.29, 1.82) is 0 Å². The lowest BCUT2D eigenvalue weighted by molar-refractivity contribution is -0.116. The summed E-state index contributed by atoms with van der Waals surface area (Å²) in [4.78, 5) is 37.5. The quantitative estimate of drug-likeness (QED) is 0.450. The van der Waals surface area contributed by atoms with Crippen LogP contribution in [0.5, 0.6) is 0 Å². The summed E-state index contributed by atoms with van der Waals surface area (Å²) in [6, 6.07) is 6.11. The van der Waals surface area contributed by atoms with Crippen LogP contribution in [0.4, 0.5) is 9.52 Å². The van der Waals surface area contributed by atoms with E-state index in [9.17, 15) is 14.0 Å². The number of thiophene rings is 1. The van der Waals surface area contributed by atoms with Crippen LogP contribution in [-0.2, 0) is 24.2 Å². The number of rotatable bonds is 5. The van der Waals surface area contributed by atoms with Crippen molar-refractivity contribution in [3.63, 3.8) is 0 Å². The van der Waals surface area contributed by atoms with Crippen LogP contribution in [0.3, 0.4) is 0 Å². The van der Waals surface area contributed by atoms with Crippen molar-refractivity contribution in [2.45, 2.75) is 45.6 Å². The monoisotopic (exact) mass is 468 g/mol. The molecule has 1 N–H and O–H groups in total. The number of hydrogen-bond donors (Lipinski definition) is 1. The molecule has 1 aliphatic rings. The Balaban J connectivity index is 1.29. The first kappa shape index (κ1) is 21.0. The minimum atomic E-state index is -0.305. The van der Waals surface area contributed by atoms with Crippen LogP contribution in [0.25, 0.3) is 21.5 Å². The van der Waals surface area contributed by atoms with Gasteiger partial charge in [0.2, 0.25) is 5.91 Å². The highest BCUT2D eigenvalue weighted by atomic mass is 32.1. The summed E-state index contributed by atoms with van der Waals surface area (Å²) in [5, 5.41) is 4.03. The molecule has 0 radical (unpaired) electrons. The van der Waals surface area contributed by atoms with Gasteiger partial charge in [0.15, 0.2) is 5.13 Å². The second-order valence-corrected chi connectivity index (χ2v) is 10.1. The minimum absolute atomic E-state index is 0.0640. The van der Waals surface area contributed by atoms with Gasteiger partial charge in [-0.1, -0.05) is 0 Å². The van der Waals surface area contributed by atoms with E-state index in [4.69, 9.17) is 0 Å². The molecule has 1 amide bonds. The molecule has 3 heterocycles. The van der Waals surface area contributed by atoms with Crippen LogP contribution in [-0.4, -0.2) is 20.4 Å². The number of thiazole rings is 1. The first-order valence-electron chi connectivity index (χ1n) is 10.5. The van der Waals surface area contributed by atoms with Crippen LogP contribution in [0.15, 0.2) is 35.4 Å². The molecule has 9 heteroatoms. The van der Waals surface area contributed by atoms with E-state index in [0.29, 0.717) is 5.13 Å². The summed E-state index contributed by atoms with van der Waals surface area (Å²) < 4.78 is 14.7. The van der Waals surface area contributed by atoms with Gasteiger partial charge >= 0.3 is 0 Å². The Morgan fingerprint density at radius 3 is 2.78 bits per heavy atom. The van der Waals surface area contributed by atoms with Gasteiger partial charge in [0, 0.05) is 28.3 Å². The van der Waals surface area contributed by atoms with Gasteiger partial charge in [-0.25, -0.2) is 14.4 Å². The van der Waals surface area contributed by atoms with Gasteiger partial charge < -0.3 is 5.32 Å². The first-order valence-corrected chi connectivity index (χ1v) is 12.2. The van der Waals surface area contributed by atoms with Gasteiger partial charge in [0.1, 0.15) is 10.6 Å². The molecule has 5 rings (SSSR count). The zero-order valence-corrected chi connectivity index (χ0v) is 19.1. The van der Waals surface area contributed by atoms with E-state index in [1.54, 1.807) is 29.8 Å². The Morgan fingerprint density at radius 1 is 1.19 bits per heavy atom. The molecule has 0 atom stereocenters. The molecule has 1 aliphatic carbocycles. The SMILES string of the molecule is Cc1sc(NC(=O)CCn2cnc3sc4c(c3c2=O)CCCC4)nc1-c1ccc(F)cc1. The van der Waals surface area contributed by atoms with Gasteiger partial charge in [0.25, 0.3) is 5.56 Å². The van der Waals surface area contributed by atoms with Crippen molar-refractivity contribution in [2.75, 3.05) is 5.32 Å². The average Bonchev–Trinajstić information content (AvgIpc) is 3.34. The summed E-state index contributed by atoms with van der Waals surface area (Å²) in [5.41, 5.74) is 2.61. The van der Waals surface area contributed by atoms with Crippen LogP contribution >= 0.6 is 22.7 Å². The fourth-order valence-electron chi connectivity index (χ4n) is 4.07. The Kier molecular flexibility index (Phi) is 5.60. The topological polar surface area (TPSA) is 76.9 Å². The molecule has 3 aromatic heterocycles. The van der Waals surface area contributed by atoms with E-state index >= 15 is 0 Å². The molecule has 32 heavy (non-hydrogen) atoms. The number of fused-ring (bicyclic) bond motifs is 3. The molecule has 6 nitrogen and oxygen atoms in total. The number of carbonyl (C=O) groups excluding carboxylic acids is 1. The molecular formula is C23H21FN4O2S2. The van der Waals surface area contributed by atoms with Crippen molar-refractivity contribution in [1.82, 2.24) is 14.5 Å². The van der Waals surface area contributed by atoms with Crippen molar-refractivity contribution < 1.29 is 9.18 Å². The standard InChI is InChI=1S/C23H21FN4O2S2/c1-13-20(14-6-8-15(24)9-7-14)27-23(31-13)26-18(29)10-11-28-12-25-21-19(22(28)30)16-4-2-3-5-17(16)32-21/h6-9,12H,2-5,10-11H2,1H3,(H,26,27,29). The lowest BCUT2D eigenvalue weighted by Crippen LogP contribution is -2.24. The zero-order chi connectivity index (χ0) is 22.2. The molecule has 0 saturated heterocycles. The fraction of sp³-hybridized carbons (Fsp3) is 0.304. The number of amides is 1. The van der Waals surface area contributed by atoms with Crippen LogP contribution < -0.4 is 10.9 Å². The predicted octanol–water partition coefficient (Wildman–Crippen LogP) is 4.94. The lowest BCUT2D eigenvalue weighted by Gasteiger charge is -2.10. The van der Waals surface area contributed by atoms with Crippen LogP contribution in [0.2, 0.25) is 0 Å². The van der Waals surface area contributed by atoms with E-state index in [2.05, 4.69) is 15.3 Å². The predicted molar refractivity (Wildman–Crippen MR) is 126 cm³/mol. The molecule has 0 aliphatic heterocycles. The van der Waals surface area contributed by atoms with Gasteiger partial charge in [-0.15, -0.1) is 22.7 Å². The largest absolute Gasteiger partial charge is 0.302 e. The molecular weight excluding hydrogens is 447 g/mol. The van der Waals surface area contributed by atoms with Crippen molar-refractivity contribution in [3.05, 3.63) is 62.1 Å². The van der Waals surface area contributed by atoms with Gasteiger partial charge in [-0.05, 0) is 62.4 Å². The van der Waals surface area contributed by atoms with E-state index in [1.807, 2.05) is 6.92 Å². The number of anilines is 1. The van der Waals surface area contributed by atoms with Crippen LogP contribution in [0.1, 0.15) is 34.6 Å². The number of nitrogens with zero attached hydrogens (tertiary/aromatic N) is 3. The second-order valence-electron chi connectivity index (χ2n) is 7.86. The summed E-state index contributed by atoms with van der Waals surface area (Å²) in [6.45, 7) is 2.17. The van der Waals surface area contributed by atoms with E-state index < -0.39 is 0 Å². The van der Waals surface area contributed by atoms with Gasteiger partial charge in [-0.2, -0.15) is 0 Å².